The van der Waals surface area contributed by atoms with Crippen LogP contribution in [0.25, 0.3) is 5.65 Å². The summed E-state index contributed by atoms with van der Waals surface area (Å²) < 4.78 is 7.56. The molecule has 2 aliphatic heterocycles. The number of amides is 1. The number of rotatable bonds is 5. The van der Waals surface area contributed by atoms with Crippen LogP contribution in [0.1, 0.15) is 35.1 Å². The SMILES string of the molecule is CCOc1nc(N2CCC3(CNC3)C2)ncc1C(=O)Nc1cn2cc(C)nc2c(C)n1. The standard InChI is InChI=1S/C21H26N8O2/c1-4-31-19-15(7-23-20(27-19)28-6-5-21(12-28)10-22-11-21)18(30)26-16-9-29-8-13(2)24-17(29)14(3)25-16/h7-9,22H,4-6,10-12H2,1-3H3,(H,26,30). The van der Waals surface area contributed by atoms with E-state index in [2.05, 4.69) is 35.5 Å². The van der Waals surface area contributed by atoms with Gasteiger partial charge in [0.15, 0.2) is 5.65 Å². The maximum atomic E-state index is 13.0. The molecule has 0 saturated carbocycles. The fourth-order valence-electron chi connectivity index (χ4n) is 4.30. The van der Waals surface area contributed by atoms with E-state index in [-0.39, 0.29) is 17.4 Å². The Balaban J connectivity index is 1.39. The Morgan fingerprint density at radius 3 is 2.81 bits per heavy atom. The number of hydrogen-bond donors (Lipinski definition) is 2. The molecule has 2 aliphatic rings. The summed E-state index contributed by atoms with van der Waals surface area (Å²) in [7, 11) is 0. The second-order valence-corrected chi connectivity index (χ2v) is 8.38. The molecule has 3 aromatic rings. The molecule has 2 fully saturated rings. The maximum absolute atomic E-state index is 13.0. The van der Waals surface area contributed by atoms with Crippen LogP contribution < -0.4 is 20.3 Å². The summed E-state index contributed by atoms with van der Waals surface area (Å²) in [6, 6.07) is 0. The Labute approximate surface area is 180 Å². The van der Waals surface area contributed by atoms with Crippen molar-refractivity contribution in [2.45, 2.75) is 27.2 Å². The highest BCUT2D eigenvalue weighted by molar-refractivity contribution is 6.05. The lowest BCUT2D eigenvalue weighted by atomic mass is 9.81. The van der Waals surface area contributed by atoms with E-state index >= 15 is 0 Å². The van der Waals surface area contributed by atoms with Gasteiger partial charge in [-0.05, 0) is 27.2 Å². The van der Waals surface area contributed by atoms with E-state index in [1.54, 1.807) is 12.4 Å². The number of nitrogens with one attached hydrogen (secondary N) is 2. The second-order valence-electron chi connectivity index (χ2n) is 8.38. The molecule has 10 nitrogen and oxygen atoms in total. The first kappa shape index (κ1) is 19.7. The minimum absolute atomic E-state index is 0.284. The number of anilines is 2. The van der Waals surface area contributed by atoms with E-state index in [1.165, 1.54) is 0 Å². The van der Waals surface area contributed by atoms with Crippen molar-refractivity contribution in [3.63, 3.8) is 0 Å². The highest BCUT2D eigenvalue weighted by atomic mass is 16.5. The molecule has 5 heterocycles. The third-order valence-corrected chi connectivity index (χ3v) is 5.96. The van der Waals surface area contributed by atoms with Gasteiger partial charge in [-0.25, -0.2) is 15.0 Å². The zero-order valence-corrected chi connectivity index (χ0v) is 18.0. The Morgan fingerprint density at radius 1 is 1.26 bits per heavy atom. The number of carbonyl (C=O) groups excluding carboxylic acids is 1. The number of aromatic nitrogens is 5. The van der Waals surface area contributed by atoms with Crippen LogP contribution in [-0.4, -0.2) is 63.0 Å². The van der Waals surface area contributed by atoms with Gasteiger partial charge >= 0.3 is 0 Å². The molecule has 31 heavy (non-hydrogen) atoms. The van der Waals surface area contributed by atoms with Crippen molar-refractivity contribution in [3.05, 3.63) is 35.5 Å². The van der Waals surface area contributed by atoms with Crippen LogP contribution in [0.4, 0.5) is 11.8 Å². The molecule has 0 radical (unpaired) electrons. The zero-order chi connectivity index (χ0) is 21.6. The molecule has 0 aromatic carbocycles. The fraction of sp³-hybridized carbons (Fsp3) is 0.476. The normalized spacial score (nSPS) is 17.2. The third kappa shape index (κ3) is 3.56. The predicted octanol–water partition coefficient (Wildman–Crippen LogP) is 1.59. The number of imidazole rings is 1. The van der Waals surface area contributed by atoms with Gasteiger partial charge in [-0.15, -0.1) is 0 Å². The molecule has 0 aliphatic carbocycles. The largest absolute Gasteiger partial charge is 0.477 e. The van der Waals surface area contributed by atoms with E-state index in [1.807, 2.05) is 31.4 Å². The van der Waals surface area contributed by atoms with Crippen molar-refractivity contribution in [2.75, 3.05) is 43.0 Å². The summed E-state index contributed by atoms with van der Waals surface area (Å²) in [4.78, 5) is 33.1. The van der Waals surface area contributed by atoms with Crippen LogP contribution in [0.5, 0.6) is 5.88 Å². The second kappa shape index (κ2) is 7.45. The van der Waals surface area contributed by atoms with Gasteiger partial charge in [0.2, 0.25) is 11.8 Å². The zero-order valence-electron chi connectivity index (χ0n) is 18.0. The van der Waals surface area contributed by atoms with Gasteiger partial charge in [-0.2, -0.15) is 4.98 Å². The lowest BCUT2D eigenvalue weighted by Gasteiger charge is -2.38. The summed E-state index contributed by atoms with van der Waals surface area (Å²) in [6.07, 6.45) is 6.30. The summed E-state index contributed by atoms with van der Waals surface area (Å²) in [5.74, 6) is 0.957. The molecule has 0 unspecified atom stereocenters. The minimum Gasteiger partial charge on any atom is -0.477 e. The van der Waals surface area contributed by atoms with E-state index in [0.717, 1.165) is 49.6 Å². The number of aryl methyl sites for hydroxylation is 2. The molecular formula is C21H26N8O2. The topological polar surface area (TPSA) is 110 Å². The maximum Gasteiger partial charge on any atom is 0.263 e. The predicted molar refractivity (Wildman–Crippen MR) is 116 cm³/mol. The molecule has 10 heteroatoms. The number of nitrogens with zero attached hydrogens (tertiary/aromatic N) is 6. The number of ether oxygens (including phenoxy) is 1. The molecule has 1 amide bonds. The third-order valence-electron chi connectivity index (χ3n) is 5.96. The monoisotopic (exact) mass is 422 g/mol. The molecule has 5 rings (SSSR count). The summed E-state index contributed by atoms with van der Waals surface area (Å²) in [5.41, 5.74) is 3.00. The van der Waals surface area contributed by atoms with E-state index in [9.17, 15) is 4.79 Å². The first-order valence-corrected chi connectivity index (χ1v) is 10.6. The quantitative estimate of drug-likeness (QED) is 0.638. The highest BCUT2D eigenvalue weighted by Gasteiger charge is 2.43. The number of fused-ring (bicyclic) bond motifs is 1. The van der Waals surface area contributed by atoms with Crippen molar-refractivity contribution < 1.29 is 9.53 Å². The molecule has 2 saturated heterocycles. The lowest BCUT2D eigenvalue weighted by Crippen LogP contribution is -2.54. The van der Waals surface area contributed by atoms with E-state index in [0.29, 0.717) is 23.8 Å². The lowest BCUT2D eigenvalue weighted by molar-refractivity contribution is 0.102. The Bertz CT molecular complexity index is 1150. The molecular weight excluding hydrogens is 396 g/mol. The fourth-order valence-corrected chi connectivity index (χ4v) is 4.30. The van der Waals surface area contributed by atoms with Gasteiger partial charge in [0.25, 0.3) is 5.91 Å². The molecule has 162 valence electrons. The van der Waals surface area contributed by atoms with Crippen molar-refractivity contribution in [2.24, 2.45) is 5.41 Å². The molecule has 3 aromatic heterocycles. The van der Waals surface area contributed by atoms with Gasteiger partial charge in [-0.3, -0.25) is 4.79 Å². The van der Waals surface area contributed by atoms with Gasteiger partial charge in [0.1, 0.15) is 11.4 Å². The number of hydrogen-bond acceptors (Lipinski definition) is 8. The molecule has 2 N–H and O–H groups in total. The van der Waals surface area contributed by atoms with Crippen LogP contribution in [0.2, 0.25) is 0 Å². The molecule has 0 bridgehead atoms. The first-order valence-electron chi connectivity index (χ1n) is 10.6. The van der Waals surface area contributed by atoms with Gasteiger partial charge < -0.3 is 24.7 Å². The Hall–Kier alpha value is -3.27. The van der Waals surface area contributed by atoms with Crippen LogP contribution in [-0.2, 0) is 0 Å². The highest BCUT2D eigenvalue weighted by Crippen LogP contribution is 2.36. The Kier molecular flexibility index (Phi) is 4.73. The summed E-state index contributed by atoms with van der Waals surface area (Å²) in [5, 5.41) is 6.19. The van der Waals surface area contributed by atoms with Crippen molar-refractivity contribution in [1.82, 2.24) is 29.7 Å². The molecule has 1 spiro atoms. The van der Waals surface area contributed by atoms with Gasteiger partial charge in [0, 0.05) is 44.0 Å². The summed E-state index contributed by atoms with van der Waals surface area (Å²) >= 11 is 0. The molecule has 0 atom stereocenters. The first-order chi connectivity index (χ1) is 15.0. The van der Waals surface area contributed by atoms with E-state index < -0.39 is 0 Å². The van der Waals surface area contributed by atoms with Crippen LogP contribution in [0.15, 0.2) is 18.6 Å². The van der Waals surface area contributed by atoms with Gasteiger partial charge in [0.05, 0.1) is 24.2 Å². The summed E-state index contributed by atoms with van der Waals surface area (Å²) in [6.45, 7) is 9.96. The smallest absolute Gasteiger partial charge is 0.263 e. The van der Waals surface area contributed by atoms with Gasteiger partial charge in [-0.1, -0.05) is 0 Å². The van der Waals surface area contributed by atoms with E-state index in [4.69, 9.17) is 4.74 Å². The average Bonchev–Trinajstić information content (AvgIpc) is 3.32. The Morgan fingerprint density at radius 2 is 2.10 bits per heavy atom. The number of carbonyl (C=O) groups is 1. The minimum atomic E-state index is -0.362. The van der Waals surface area contributed by atoms with Crippen LogP contribution >= 0.6 is 0 Å². The van der Waals surface area contributed by atoms with Crippen LogP contribution in [0.3, 0.4) is 0 Å². The van der Waals surface area contributed by atoms with Crippen molar-refractivity contribution in [1.29, 1.82) is 0 Å². The van der Waals surface area contributed by atoms with Crippen molar-refractivity contribution in [3.8, 4) is 5.88 Å². The van der Waals surface area contributed by atoms with Crippen molar-refractivity contribution >= 4 is 23.3 Å². The average molecular weight is 422 g/mol. The van der Waals surface area contributed by atoms with Crippen LogP contribution in [0, 0.1) is 19.3 Å².